The lowest BCUT2D eigenvalue weighted by Gasteiger charge is -2.10. The topological polar surface area (TPSA) is 87.7 Å². The minimum Gasteiger partial charge on any atom is -0.496 e. The molecule has 2 aromatic rings. The van der Waals surface area contributed by atoms with E-state index < -0.39 is 5.97 Å². The maximum Gasteiger partial charge on any atom is 0.339 e. The Balaban J connectivity index is 1.99. The van der Waals surface area contributed by atoms with E-state index in [1.807, 2.05) is 17.5 Å². The molecular weight excluding hydrogens is 292 g/mol. The van der Waals surface area contributed by atoms with E-state index in [1.54, 1.807) is 11.3 Å². The van der Waals surface area contributed by atoms with Gasteiger partial charge in [0.25, 0.3) is 0 Å². The molecule has 6 nitrogen and oxygen atoms in total. The molecule has 0 atom stereocenters. The van der Waals surface area contributed by atoms with E-state index in [-0.39, 0.29) is 17.3 Å². The lowest BCUT2D eigenvalue weighted by molar-refractivity contribution is 0.0693. The summed E-state index contributed by atoms with van der Waals surface area (Å²) in [4.78, 5) is 23.8. The van der Waals surface area contributed by atoms with Gasteiger partial charge in [0.1, 0.15) is 11.3 Å². The van der Waals surface area contributed by atoms with Crippen LogP contribution < -0.4 is 15.4 Å². The van der Waals surface area contributed by atoms with Gasteiger partial charge in [0.05, 0.1) is 13.7 Å². The van der Waals surface area contributed by atoms with Crippen molar-refractivity contribution in [1.29, 1.82) is 0 Å². The highest BCUT2D eigenvalue weighted by molar-refractivity contribution is 7.09. The smallest absolute Gasteiger partial charge is 0.339 e. The van der Waals surface area contributed by atoms with Crippen molar-refractivity contribution in [3.8, 4) is 5.75 Å². The molecule has 110 valence electrons. The quantitative estimate of drug-likeness (QED) is 0.792. The summed E-state index contributed by atoms with van der Waals surface area (Å²) >= 11 is 1.55. The number of carbonyl (C=O) groups excluding carboxylic acids is 1. The molecule has 0 unspecified atom stereocenters. The number of rotatable bonds is 5. The van der Waals surface area contributed by atoms with Crippen LogP contribution in [0.3, 0.4) is 0 Å². The number of urea groups is 1. The average Bonchev–Trinajstić information content (AvgIpc) is 2.98. The van der Waals surface area contributed by atoms with Crippen LogP contribution in [-0.4, -0.2) is 24.2 Å². The van der Waals surface area contributed by atoms with Gasteiger partial charge in [-0.25, -0.2) is 9.59 Å². The molecule has 0 fully saturated rings. The first-order valence-corrected chi connectivity index (χ1v) is 6.96. The SMILES string of the molecule is COc1cc(NC(=O)NCc2cccs2)ccc1C(=O)O. The molecule has 2 amide bonds. The third-order valence-electron chi connectivity index (χ3n) is 2.69. The number of benzene rings is 1. The Hall–Kier alpha value is -2.54. The average molecular weight is 306 g/mol. The van der Waals surface area contributed by atoms with Gasteiger partial charge >= 0.3 is 12.0 Å². The van der Waals surface area contributed by atoms with E-state index >= 15 is 0 Å². The van der Waals surface area contributed by atoms with Crippen molar-refractivity contribution in [3.63, 3.8) is 0 Å². The number of carboxylic acids is 1. The lowest BCUT2D eigenvalue weighted by atomic mass is 10.2. The maximum atomic E-state index is 11.8. The molecule has 3 N–H and O–H groups in total. The molecular formula is C14H14N2O4S. The standard InChI is InChI=1S/C14H14N2O4S/c1-20-12-7-9(4-5-11(12)13(17)18)16-14(19)15-8-10-3-2-6-21-10/h2-7H,8H2,1H3,(H,17,18)(H2,15,16,19). The molecule has 1 heterocycles. The number of hydrogen-bond donors (Lipinski definition) is 3. The number of methoxy groups -OCH3 is 1. The molecule has 0 aliphatic carbocycles. The third-order valence-corrected chi connectivity index (χ3v) is 3.57. The lowest BCUT2D eigenvalue weighted by Crippen LogP contribution is -2.27. The summed E-state index contributed by atoms with van der Waals surface area (Å²) < 4.78 is 5.00. The van der Waals surface area contributed by atoms with Crippen molar-refractivity contribution in [2.75, 3.05) is 12.4 Å². The summed E-state index contributed by atoms with van der Waals surface area (Å²) in [7, 11) is 1.38. The van der Waals surface area contributed by atoms with Gasteiger partial charge in [-0.2, -0.15) is 0 Å². The van der Waals surface area contributed by atoms with E-state index in [2.05, 4.69) is 10.6 Å². The van der Waals surface area contributed by atoms with Gasteiger partial charge in [-0.1, -0.05) is 6.07 Å². The summed E-state index contributed by atoms with van der Waals surface area (Å²) in [5, 5.41) is 16.3. The van der Waals surface area contributed by atoms with Crippen LogP contribution in [0.1, 0.15) is 15.2 Å². The van der Waals surface area contributed by atoms with Crippen LogP contribution in [0, 0.1) is 0 Å². The molecule has 1 aromatic carbocycles. The molecule has 0 saturated carbocycles. The van der Waals surface area contributed by atoms with Crippen molar-refractivity contribution in [2.45, 2.75) is 6.54 Å². The number of carbonyl (C=O) groups is 2. The molecule has 7 heteroatoms. The van der Waals surface area contributed by atoms with Gasteiger partial charge in [0.15, 0.2) is 0 Å². The van der Waals surface area contributed by atoms with Crippen LogP contribution in [0.2, 0.25) is 0 Å². The van der Waals surface area contributed by atoms with E-state index in [4.69, 9.17) is 9.84 Å². The highest BCUT2D eigenvalue weighted by Gasteiger charge is 2.12. The number of amides is 2. The summed E-state index contributed by atoms with van der Waals surface area (Å²) in [6.07, 6.45) is 0. The molecule has 21 heavy (non-hydrogen) atoms. The van der Waals surface area contributed by atoms with Crippen molar-refractivity contribution in [2.24, 2.45) is 0 Å². The number of nitrogens with one attached hydrogen (secondary N) is 2. The Morgan fingerprint density at radius 3 is 2.76 bits per heavy atom. The summed E-state index contributed by atoms with van der Waals surface area (Å²) in [6, 6.07) is 7.83. The first-order valence-electron chi connectivity index (χ1n) is 6.08. The molecule has 0 radical (unpaired) electrons. The van der Waals surface area contributed by atoms with E-state index in [0.29, 0.717) is 12.2 Å². The summed E-state index contributed by atoms with van der Waals surface area (Å²) in [6.45, 7) is 0.438. The molecule has 1 aromatic heterocycles. The zero-order valence-corrected chi connectivity index (χ0v) is 12.1. The largest absolute Gasteiger partial charge is 0.496 e. The van der Waals surface area contributed by atoms with Crippen LogP contribution in [0.5, 0.6) is 5.75 Å². The van der Waals surface area contributed by atoms with Crippen LogP contribution in [0.25, 0.3) is 0 Å². The number of ether oxygens (including phenoxy) is 1. The zero-order chi connectivity index (χ0) is 15.2. The first-order chi connectivity index (χ1) is 10.1. The maximum absolute atomic E-state index is 11.8. The number of carboxylic acid groups (broad SMARTS) is 1. The van der Waals surface area contributed by atoms with Crippen LogP contribution in [0.15, 0.2) is 35.7 Å². The van der Waals surface area contributed by atoms with Crippen molar-refractivity contribution < 1.29 is 19.4 Å². The van der Waals surface area contributed by atoms with Gasteiger partial charge in [-0.3, -0.25) is 0 Å². The summed E-state index contributed by atoms with van der Waals surface area (Å²) in [5.41, 5.74) is 0.502. The molecule has 0 spiro atoms. The fourth-order valence-corrected chi connectivity index (χ4v) is 2.35. The van der Waals surface area contributed by atoms with Gasteiger partial charge < -0.3 is 20.5 Å². The normalized spacial score (nSPS) is 9.95. The predicted octanol–water partition coefficient (Wildman–Crippen LogP) is 2.78. The second kappa shape index (κ2) is 6.76. The van der Waals surface area contributed by atoms with E-state index in [9.17, 15) is 9.59 Å². The van der Waals surface area contributed by atoms with E-state index in [0.717, 1.165) is 4.88 Å². The van der Waals surface area contributed by atoms with Gasteiger partial charge in [-0.15, -0.1) is 11.3 Å². The second-order valence-electron chi connectivity index (χ2n) is 4.11. The predicted molar refractivity (Wildman–Crippen MR) is 80.1 cm³/mol. The Bertz CT molecular complexity index is 640. The molecule has 0 bridgehead atoms. The van der Waals surface area contributed by atoms with Crippen LogP contribution in [-0.2, 0) is 6.54 Å². The Morgan fingerprint density at radius 1 is 1.33 bits per heavy atom. The first kappa shape index (κ1) is 14.9. The minimum atomic E-state index is -1.08. The van der Waals surface area contributed by atoms with E-state index in [1.165, 1.54) is 25.3 Å². The Morgan fingerprint density at radius 2 is 2.14 bits per heavy atom. The molecule has 2 rings (SSSR count). The van der Waals surface area contributed by atoms with Gasteiger partial charge in [0, 0.05) is 16.6 Å². The Kier molecular flexibility index (Phi) is 4.78. The number of thiophene rings is 1. The highest BCUT2D eigenvalue weighted by atomic mass is 32.1. The van der Waals surface area contributed by atoms with Crippen LogP contribution >= 0.6 is 11.3 Å². The number of hydrogen-bond acceptors (Lipinski definition) is 4. The minimum absolute atomic E-state index is 0.0436. The Labute approximate surface area is 125 Å². The van der Waals surface area contributed by atoms with Crippen molar-refractivity contribution >= 4 is 29.0 Å². The van der Waals surface area contributed by atoms with Gasteiger partial charge in [0.2, 0.25) is 0 Å². The number of anilines is 1. The fraction of sp³-hybridized carbons (Fsp3) is 0.143. The monoisotopic (exact) mass is 306 g/mol. The zero-order valence-electron chi connectivity index (χ0n) is 11.3. The van der Waals surface area contributed by atoms with Crippen LogP contribution in [0.4, 0.5) is 10.5 Å². The molecule has 0 saturated heterocycles. The van der Waals surface area contributed by atoms with Crippen molar-refractivity contribution in [3.05, 3.63) is 46.2 Å². The molecule has 0 aliphatic rings. The van der Waals surface area contributed by atoms with Gasteiger partial charge in [-0.05, 0) is 23.6 Å². The highest BCUT2D eigenvalue weighted by Crippen LogP contribution is 2.23. The second-order valence-corrected chi connectivity index (χ2v) is 5.14. The molecule has 0 aliphatic heterocycles. The van der Waals surface area contributed by atoms with Crippen molar-refractivity contribution in [1.82, 2.24) is 5.32 Å². The fourth-order valence-electron chi connectivity index (χ4n) is 1.70. The summed E-state index contributed by atoms with van der Waals surface area (Å²) in [5.74, 6) is -0.890. The third kappa shape index (κ3) is 3.96. The number of aromatic carboxylic acids is 1.